The van der Waals surface area contributed by atoms with E-state index in [4.69, 9.17) is 14.2 Å². The molecule has 35 heavy (non-hydrogen) atoms. The molecule has 190 valence electrons. The van der Waals surface area contributed by atoms with Gasteiger partial charge in [0.25, 0.3) is 11.8 Å². The lowest BCUT2D eigenvalue weighted by molar-refractivity contribution is -0.156. The number of nitrogens with one attached hydrogen (secondary N) is 2. The van der Waals surface area contributed by atoms with Gasteiger partial charge in [0.15, 0.2) is 0 Å². The molecule has 1 aromatic carbocycles. The van der Waals surface area contributed by atoms with Gasteiger partial charge in [0.05, 0.1) is 44.0 Å². The van der Waals surface area contributed by atoms with E-state index in [0.29, 0.717) is 32.1 Å². The molecule has 0 bridgehead atoms. The fourth-order valence-electron chi connectivity index (χ4n) is 3.72. The number of rotatable bonds is 11. The van der Waals surface area contributed by atoms with Crippen molar-refractivity contribution in [3.05, 3.63) is 29.3 Å². The Bertz CT molecular complexity index is 1000. The highest BCUT2D eigenvalue weighted by Gasteiger charge is 2.44. The topological polar surface area (TPSA) is 140 Å². The molecule has 2 heterocycles. The molecule has 1 saturated heterocycles. The first-order valence-corrected chi connectivity index (χ1v) is 11.5. The summed E-state index contributed by atoms with van der Waals surface area (Å²) >= 11 is 0. The van der Waals surface area contributed by atoms with Crippen molar-refractivity contribution in [1.29, 1.82) is 0 Å². The van der Waals surface area contributed by atoms with Gasteiger partial charge in [0.2, 0.25) is 11.8 Å². The molecule has 1 atom stereocenters. The lowest BCUT2D eigenvalue weighted by Gasteiger charge is -2.27. The lowest BCUT2D eigenvalue weighted by atomic mass is 10.0. The first-order valence-electron chi connectivity index (χ1n) is 11.5. The average Bonchev–Trinajstić information content (AvgIpc) is 3.01. The Hall–Kier alpha value is -3.31. The summed E-state index contributed by atoms with van der Waals surface area (Å²) in [6, 6.07) is 3.80. The Morgan fingerprint density at radius 3 is 2.40 bits per heavy atom. The summed E-state index contributed by atoms with van der Waals surface area (Å²) in [5, 5.41) is 5.30. The van der Waals surface area contributed by atoms with Gasteiger partial charge >= 0.3 is 5.97 Å². The number of hydrogen-bond donors (Lipinski definition) is 2. The third kappa shape index (κ3) is 7.09. The van der Waals surface area contributed by atoms with E-state index in [2.05, 4.69) is 10.6 Å². The minimum Gasteiger partial charge on any atom is -0.460 e. The predicted octanol–water partition coefficient (Wildman–Crippen LogP) is 1.26. The van der Waals surface area contributed by atoms with E-state index in [1.54, 1.807) is 18.2 Å². The molecule has 11 nitrogen and oxygen atoms in total. The van der Waals surface area contributed by atoms with E-state index >= 15 is 0 Å². The monoisotopic (exact) mass is 489 g/mol. The van der Waals surface area contributed by atoms with Crippen LogP contribution in [0.1, 0.15) is 60.7 Å². The number of nitrogens with zero attached hydrogens (tertiary/aromatic N) is 1. The summed E-state index contributed by atoms with van der Waals surface area (Å²) in [4.78, 5) is 61.6. The molecular formula is C24H31N3O8. The van der Waals surface area contributed by atoms with Crippen LogP contribution in [0, 0.1) is 0 Å². The van der Waals surface area contributed by atoms with Crippen molar-refractivity contribution in [1.82, 2.24) is 10.2 Å². The molecule has 0 spiro atoms. The highest BCUT2D eigenvalue weighted by Crippen LogP contribution is 2.29. The van der Waals surface area contributed by atoms with Gasteiger partial charge in [-0.25, -0.2) is 0 Å². The number of fused-ring (bicyclic) bond motifs is 1. The molecule has 11 heteroatoms. The molecule has 0 radical (unpaired) electrons. The minimum absolute atomic E-state index is 0.0748. The fraction of sp³-hybridized carbons (Fsp3) is 0.542. The number of carbonyl (C=O) groups is 5. The van der Waals surface area contributed by atoms with E-state index in [9.17, 15) is 24.0 Å². The molecule has 0 saturated carbocycles. The van der Waals surface area contributed by atoms with Crippen LogP contribution < -0.4 is 10.6 Å². The highest BCUT2D eigenvalue weighted by atomic mass is 16.6. The summed E-state index contributed by atoms with van der Waals surface area (Å²) in [7, 11) is 0. The van der Waals surface area contributed by atoms with Crippen LogP contribution in [-0.4, -0.2) is 79.1 Å². The van der Waals surface area contributed by atoms with Crippen LogP contribution in [0.2, 0.25) is 0 Å². The first-order chi connectivity index (χ1) is 16.6. The second kappa shape index (κ2) is 11.4. The molecule has 2 aliphatic heterocycles. The smallest absolute Gasteiger partial charge is 0.308 e. The van der Waals surface area contributed by atoms with Crippen LogP contribution in [0.25, 0.3) is 0 Å². The second-order valence-corrected chi connectivity index (χ2v) is 9.20. The van der Waals surface area contributed by atoms with Crippen molar-refractivity contribution in [3.63, 3.8) is 0 Å². The van der Waals surface area contributed by atoms with Gasteiger partial charge in [-0.2, -0.15) is 0 Å². The normalized spacial score (nSPS) is 17.9. The van der Waals surface area contributed by atoms with Crippen molar-refractivity contribution >= 4 is 35.3 Å². The molecule has 2 N–H and O–H groups in total. The SMILES string of the molecule is CC(C)(C)OC(=O)CCOCCOCCNc1ccc2c(c1)C(=O)N(C1CCC(=O)NC1=O)C2=O. The van der Waals surface area contributed by atoms with E-state index in [1.165, 1.54) is 0 Å². The fourth-order valence-corrected chi connectivity index (χ4v) is 3.72. The number of imide groups is 2. The van der Waals surface area contributed by atoms with Gasteiger partial charge in [-0.05, 0) is 45.4 Å². The quantitative estimate of drug-likeness (QED) is 0.267. The van der Waals surface area contributed by atoms with Crippen LogP contribution in [0.3, 0.4) is 0 Å². The number of piperidine rings is 1. The number of anilines is 1. The maximum absolute atomic E-state index is 12.8. The van der Waals surface area contributed by atoms with Crippen molar-refractivity contribution < 1.29 is 38.2 Å². The molecule has 4 amide bonds. The van der Waals surface area contributed by atoms with E-state index in [0.717, 1.165) is 4.90 Å². The largest absolute Gasteiger partial charge is 0.460 e. The Morgan fingerprint density at radius 2 is 1.71 bits per heavy atom. The predicted molar refractivity (Wildman–Crippen MR) is 124 cm³/mol. The zero-order valence-corrected chi connectivity index (χ0v) is 20.2. The van der Waals surface area contributed by atoms with Crippen LogP contribution in [0.5, 0.6) is 0 Å². The standard InChI is InChI=1S/C24H31N3O8/c1-24(2,3)35-20(29)8-10-33-12-13-34-11-9-25-15-4-5-16-17(14-15)23(32)27(22(16)31)18-6-7-19(28)26-21(18)30/h4-5,14,18,25H,6-13H2,1-3H3,(H,26,28,30). The molecule has 0 aromatic heterocycles. The number of esters is 1. The maximum Gasteiger partial charge on any atom is 0.308 e. The first kappa shape index (κ1) is 26.3. The molecule has 1 fully saturated rings. The summed E-state index contributed by atoms with van der Waals surface area (Å²) < 4.78 is 16.0. The van der Waals surface area contributed by atoms with Crippen LogP contribution in [0.4, 0.5) is 5.69 Å². The number of amides is 4. The van der Waals surface area contributed by atoms with Crippen LogP contribution >= 0.6 is 0 Å². The van der Waals surface area contributed by atoms with Gasteiger partial charge in [0.1, 0.15) is 11.6 Å². The zero-order valence-electron chi connectivity index (χ0n) is 20.2. The number of benzene rings is 1. The Balaban J connectivity index is 1.37. The van der Waals surface area contributed by atoms with E-state index in [1.807, 2.05) is 20.8 Å². The van der Waals surface area contributed by atoms with Crippen molar-refractivity contribution in [2.45, 2.75) is 51.7 Å². The third-order valence-electron chi connectivity index (χ3n) is 5.26. The van der Waals surface area contributed by atoms with Gasteiger partial charge in [-0.15, -0.1) is 0 Å². The van der Waals surface area contributed by atoms with Crippen molar-refractivity contribution in [2.24, 2.45) is 0 Å². The minimum atomic E-state index is -0.990. The average molecular weight is 490 g/mol. The molecule has 1 unspecified atom stereocenters. The van der Waals surface area contributed by atoms with Crippen molar-refractivity contribution in [2.75, 3.05) is 38.3 Å². The molecule has 0 aliphatic carbocycles. The maximum atomic E-state index is 12.8. The third-order valence-corrected chi connectivity index (χ3v) is 5.26. The summed E-state index contributed by atoms with van der Waals surface area (Å²) in [6.45, 7) is 7.21. The Kier molecular flexibility index (Phi) is 8.57. The number of carbonyl (C=O) groups excluding carboxylic acids is 5. The molecule has 2 aliphatic rings. The molecular weight excluding hydrogens is 458 g/mol. The van der Waals surface area contributed by atoms with Gasteiger partial charge in [0, 0.05) is 18.7 Å². The Labute approximate surface area is 203 Å². The van der Waals surface area contributed by atoms with Crippen LogP contribution in [-0.2, 0) is 28.6 Å². The lowest BCUT2D eigenvalue weighted by Crippen LogP contribution is -2.54. The number of ether oxygens (including phenoxy) is 3. The Morgan fingerprint density at radius 1 is 1.03 bits per heavy atom. The van der Waals surface area contributed by atoms with Gasteiger partial charge in [-0.3, -0.25) is 34.2 Å². The van der Waals surface area contributed by atoms with Crippen LogP contribution in [0.15, 0.2) is 18.2 Å². The molecule has 1 aromatic rings. The molecule has 3 rings (SSSR count). The zero-order chi connectivity index (χ0) is 25.6. The second-order valence-electron chi connectivity index (χ2n) is 9.20. The summed E-state index contributed by atoms with van der Waals surface area (Å²) in [5.74, 6) is -2.45. The van der Waals surface area contributed by atoms with E-state index in [-0.39, 0.29) is 43.0 Å². The van der Waals surface area contributed by atoms with Crippen molar-refractivity contribution in [3.8, 4) is 0 Å². The highest BCUT2D eigenvalue weighted by molar-refractivity contribution is 6.23. The van der Waals surface area contributed by atoms with E-state index < -0.39 is 35.3 Å². The van der Waals surface area contributed by atoms with Gasteiger partial charge < -0.3 is 19.5 Å². The number of hydrogen-bond acceptors (Lipinski definition) is 9. The summed E-state index contributed by atoms with van der Waals surface area (Å²) in [5.41, 5.74) is 0.558. The summed E-state index contributed by atoms with van der Waals surface area (Å²) in [6.07, 6.45) is 0.369. The van der Waals surface area contributed by atoms with Gasteiger partial charge in [-0.1, -0.05) is 0 Å².